The lowest BCUT2D eigenvalue weighted by Gasteiger charge is -2.23. The molecule has 0 fully saturated rings. The van der Waals surface area contributed by atoms with E-state index in [9.17, 15) is 41.2 Å². The Kier molecular flexibility index (Phi) is 31.5. The molecule has 0 radical (unpaired) electrons. The van der Waals surface area contributed by atoms with Gasteiger partial charge in [-0.3, -0.25) is 17.8 Å². The summed E-state index contributed by atoms with van der Waals surface area (Å²) in [5.41, 5.74) is 11.7. The Morgan fingerprint density at radius 1 is 0.506 bits per heavy atom. The lowest BCUT2D eigenvalue weighted by atomic mass is 10.0. The second kappa shape index (κ2) is 36.7. The summed E-state index contributed by atoms with van der Waals surface area (Å²) in [6.07, 6.45) is 0.439. The molecule has 6 aromatic carbocycles. The molecule has 0 spiro atoms. The number of nitrogens with two attached hydrogens (primary N) is 1. The van der Waals surface area contributed by atoms with Crippen LogP contribution in [-0.4, -0.2) is 92.9 Å². The van der Waals surface area contributed by atoms with E-state index in [4.69, 9.17) is 34.0 Å². The van der Waals surface area contributed by atoms with E-state index in [2.05, 4.69) is 10.6 Å². The molecule has 2 amide bonds. The van der Waals surface area contributed by atoms with Crippen LogP contribution in [0.4, 0.5) is 18.4 Å². The van der Waals surface area contributed by atoms with Crippen molar-refractivity contribution in [3.8, 4) is 0 Å². The van der Waals surface area contributed by atoms with Gasteiger partial charge >= 0.3 is 30.1 Å². The summed E-state index contributed by atoms with van der Waals surface area (Å²) in [6.45, 7) is 11.7. The highest BCUT2D eigenvalue weighted by molar-refractivity contribution is 7.86. The number of carboxylic acid groups (broad SMARTS) is 1. The van der Waals surface area contributed by atoms with Crippen molar-refractivity contribution in [2.45, 2.75) is 149 Å². The number of rotatable bonds is 24. The minimum absolute atomic E-state index is 0. The number of carbonyl (C=O) groups excluding carboxylic acids is 4. The van der Waals surface area contributed by atoms with E-state index in [1.54, 1.807) is 77.9 Å². The quantitative estimate of drug-likeness (QED) is 0.0251. The van der Waals surface area contributed by atoms with Crippen molar-refractivity contribution in [1.82, 2.24) is 10.6 Å². The summed E-state index contributed by atoms with van der Waals surface area (Å²) >= 11 is 0. The Balaban J connectivity index is 0.000000471. The number of nitrogens with one attached hydrogen (secondary N) is 2. The molecule has 16 nitrogen and oxygen atoms in total. The molecular formula is C66H85F2N3O13S. The summed E-state index contributed by atoms with van der Waals surface area (Å²) in [4.78, 5) is 60.8. The van der Waals surface area contributed by atoms with E-state index in [1.807, 2.05) is 116 Å². The highest BCUT2D eigenvalue weighted by Crippen LogP contribution is 2.17. The topological polar surface area (TPSA) is 236 Å². The van der Waals surface area contributed by atoms with Crippen LogP contribution in [0.1, 0.15) is 106 Å². The maximum absolute atomic E-state index is 12.9. The first-order valence-electron chi connectivity index (χ1n) is 27.0. The van der Waals surface area contributed by atoms with Crippen LogP contribution >= 0.6 is 0 Å². The molecule has 0 bridgehead atoms. The Morgan fingerprint density at radius 3 is 1.19 bits per heavy atom. The third-order valence-electron chi connectivity index (χ3n) is 11.8. The van der Waals surface area contributed by atoms with Crippen LogP contribution in [0.25, 0.3) is 0 Å². The van der Waals surface area contributed by atoms with E-state index in [0.29, 0.717) is 25.7 Å². The monoisotopic (exact) mass is 1200 g/mol. The number of hydrogen-bond acceptors (Lipinski definition) is 13. The van der Waals surface area contributed by atoms with Crippen molar-refractivity contribution in [2.75, 3.05) is 20.0 Å². The number of amides is 2. The number of aryl methyl sites for hydroxylation is 3. The highest BCUT2D eigenvalue weighted by Gasteiger charge is 2.28. The van der Waals surface area contributed by atoms with Gasteiger partial charge in [-0.25, -0.2) is 19.2 Å². The van der Waals surface area contributed by atoms with Crippen molar-refractivity contribution >= 4 is 40.2 Å². The van der Waals surface area contributed by atoms with Crippen LogP contribution < -0.4 is 16.4 Å². The minimum Gasteiger partial charge on any atom is -0.480 e. The molecule has 0 heterocycles. The minimum atomic E-state index is -3.83. The number of halogens is 2. The number of ether oxygens (including phenoxy) is 4. The summed E-state index contributed by atoms with van der Waals surface area (Å²) in [6, 6.07) is 44.0. The molecule has 0 saturated heterocycles. The molecule has 3 unspecified atom stereocenters. The van der Waals surface area contributed by atoms with Crippen molar-refractivity contribution in [3.05, 3.63) is 208 Å². The van der Waals surface area contributed by atoms with E-state index in [0.717, 1.165) is 50.1 Å². The van der Waals surface area contributed by atoms with Crippen LogP contribution in [0.15, 0.2) is 163 Å². The molecule has 3 atom stereocenters. The predicted molar refractivity (Wildman–Crippen MR) is 326 cm³/mol. The van der Waals surface area contributed by atoms with E-state index < -0.39 is 76.2 Å². The van der Waals surface area contributed by atoms with Crippen molar-refractivity contribution < 1.29 is 69.4 Å². The van der Waals surface area contributed by atoms with Crippen LogP contribution in [0, 0.1) is 6.92 Å². The van der Waals surface area contributed by atoms with Crippen molar-refractivity contribution in [3.63, 3.8) is 0 Å². The van der Waals surface area contributed by atoms with Gasteiger partial charge in [0.05, 0.1) is 24.9 Å². The lowest BCUT2D eigenvalue weighted by Crippen LogP contribution is -2.45. The average Bonchev–Trinajstić information content (AvgIpc) is 3.54. The average molecular weight is 1200 g/mol. The smallest absolute Gasteiger partial charge is 0.408 e. The number of aliphatic carboxylic acids is 1. The van der Waals surface area contributed by atoms with E-state index in [1.165, 1.54) is 12.1 Å². The van der Waals surface area contributed by atoms with E-state index >= 15 is 0 Å². The first kappa shape index (κ1) is 73.1. The maximum atomic E-state index is 12.9. The fraction of sp³-hybridized carbons (Fsp3) is 0.379. The summed E-state index contributed by atoms with van der Waals surface area (Å²) in [5.74, 6) is -2.14. The van der Waals surface area contributed by atoms with Gasteiger partial charge in [0.1, 0.15) is 42.5 Å². The first-order valence-corrected chi connectivity index (χ1v) is 28.4. The molecule has 6 aromatic rings. The van der Waals surface area contributed by atoms with Gasteiger partial charge in [0.25, 0.3) is 10.1 Å². The third-order valence-corrected chi connectivity index (χ3v) is 13.2. The molecule has 0 aliphatic rings. The molecule has 0 aliphatic heterocycles. The molecular weight excluding hydrogens is 1110 g/mol. The lowest BCUT2D eigenvalue weighted by molar-refractivity contribution is -0.148. The van der Waals surface area contributed by atoms with Gasteiger partial charge in [0, 0.05) is 25.7 Å². The van der Waals surface area contributed by atoms with Crippen LogP contribution in [-0.2, 0) is 99.4 Å². The second-order valence-corrected chi connectivity index (χ2v) is 22.9. The van der Waals surface area contributed by atoms with Gasteiger partial charge in [-0.05, 0) is 118 Å². The first-order chi connectivity index (χ1) is 39.3. The van der Waals surface area contributed by atoms with E-state index in [-0.39, 0.29) is 59.1 Å². The Bertz CT molecular complexity index is 3050. The van der Waals surface area contributed by atoms with Gasteiger partial charge in [-0.2, -0.15) is 8.42 Å². The Labute approximate surface area is 500 Å². The van der Waals surface area contributed by atoms with Gasteiger partial charge in [0.2, 0.25) is 0 Å². The number of benzene rings is 6. The van der Waals surface area contributed by atoms with Gasteiger partial charge in [-0.15, -0.1) is 0 Å². The number of esters is 2. The van der Waals surface area contributed by atoms with Crippen molar-refractivity contribution in [1.29, 1.82) is 0 Å². The van der Waals surface area contributed by atoms with Crippen LogP contribution in [0.5, 0.6) is 0 Å². The summed E-state index contributed by atoms with van der Waals surface area (Å²) < 4.78 is 75.9. The zero-order chi connectivity index (χ0) is 61.0. The van der Waals surface area contributed by atoms with Crippen molar-refractivity contribution in [2.24, 2.45) is 5.73 Å². The standard InChI is InChI=1S/C30H35NO7S.C23H28FNO4.C11H14FNO2.2CH4/c1-22-10-16-26(17-11-22)39(34,35)37-19-18-23-12-14-24(15-13-23)20-27(31-29(33)38-30(2,3)4)28(32)36-21-25-8-6-5-7-9-25;1-23(2,3)29-22(27)25-20(15-18-11-9-17(10-12-18)13-14-24)21(26)28-16-19-7-5-4-6-8-19;12-6-5-8-1-3-9(4-2-8)7-10(13)11(14)15;;/h5-17,27H,18-21H2,1-4H3,(H,31,33);4-12,20H,13-16H2,1-3H3,(H,25,27);1-4,10H,5-7,13H2,(H,14,15);2*1H4/i;24-1;12-1;;. The molecule has 6 rings (SSSR count). The number of carbonyl (C=O) groups is 5. The fourth-order valence-corrected chi connectivity index (χ4v) is 8.45. The largest absolute Gasteiger partial charge is 0.480 e. The second-order valence-electron chi connectivity index (χ2n) is 21.3. The summed E-state index contributed by atoms with van der Waals surface area (Å²) in [5, 5.41) is 13.8. The zero-order valence-corrected chi connectivity index (χ0v) is 48.9. The number of carboxylic acids is 1. The highest BCUT2D eigenvalue weighted by atomic mass is 32.2. The number of alkyl halides is 2. The molecule has 0 aromatic heterocycles. The molecule has 19 heteroatoms. The zero-order valence-electron chi connectivity index (χ0n) is 48.1. The molecule has 85 heavy (non-hydrogen) atoms. The molecule has 462 valence electrons. The van der Waals surface area contributed by atoms with Gasteiger partial charge < -0.3 is 40.4 Å². The van der Waals surface area contributed by atoms with Gasteiger partial charge in [0.15, 0.2) is 0 Å². The van der Waals surface area contributed by atoms with Crippen LogP contribution in [0.3, 0.4) is 0 Å². The maximum Gasteiger partial charge on any atom is 0.408 e. The molecule has 5 N–H and O–H groups in total. The molecule has 0 saturated carbocycles. The predicted octanol–water partition coefficient (Wildman–Crippen LogP) is 11.9. The van der Waals surface area contributed by atoms with Gasteiger partial charge in [-0.1, -0.05) is 166 Å². The Hall–Kier alpha value is -8.00. The van der Waals surface area contributed by atoms with Crippen LogP contribution in [0.2, 0.25) is 0 Å². The normalized spacial score (nSPS) is 12.0. The SMILES string of the molecule is C.C.CC(C)(C)OC(=O)NC(Cc1ccc(CC[18F])cc1)C(=O)OCc1ccccc1.Cc1ccc(S(=O)(=O)OCCc2ccc(CC(NC(=O)OC(C)(C)C)C(=O)OCc3ccccc3)cc2)cc1.NC(Cc1ccc(CC[18F])cc1)C(=O)O. The molecule has 0 aliphatic carbocycles. The summed E-state index contributed by atoms with van der Waals surface area (Å²) in [7, 11) is -3.83. The third kappa shape index (κ3) is 29.4. The fourth-order valence-electron chi connectivity index (χ4n) is 7.54. The number of alkyl carbamates (subject to hydrolysis) is 2. The Morgan fingerprint density at radius 2 is 0.847 bits per heavy atom. The number of hydrogen-bond donors (Lipinski definition) is 4.